The predicted octanol–water partition coefficient (Wildman–Crippen LogP) is 0.917. The number of rotatable bonds is 0. The first kappa shape index (κ1) is 6.62. The van der Waals surface area contributed by atoms with E-state index >= 15 is 0 Å². The van der Waals surface area contributed by atoms with Crippen LogP contribution in [0.1, 0.15) is 26.7 Å². The van der Waals surface area contributed by atoms with E-state index in [0.717, 1.165) is 6.61 Å². The minimum Gasteiger partial charge on any atom is -0.374 e. The van der Waals surface area contributed by atoms with Gasteiger partial charge >= 0.3 is 0 Å². The van der Waals surface area contributed by atoms with Crippen LogP contribution in [-0.2, 0) is 4.74 Å². The Morgan fingerprint density at radius 2 is 2.10 bits per heavy atom. The Bertz CT molecular complexity index is 149. The second-order valence-electron chi connectivity index (χ2n) is 4.18. The van der Waals surface area contributed by atoms with E-state index in [-0.39, 0.29) is 5.60 Å². The summed E-state index contributed by atoms with van der Waals surface area (Å²) in [6, 6.07) is 0. The fourth-order valence-corrected chi connectivity index (χ4v) is 2.00. The minimum absolute atomic E-state index is 0.118. The molecule has 1 atom stereocenters. The Morgan fingerprint density at radius 1 is 1.40 bits per heavy atom. The molecule has 1 N–H and O–H groups in total. The standard InChI is InChI=1S/C8H15NO/c1-7(2)5-8(6-10-7)3-4-9-8/h9H,3-6H2,1-2H3. The van der Waals surface area contributed by atoms with Gasteiger partial charge in [-0.3, -0.25) is 0 Å². The van der Waals surface area contributed by atoms with Gasteiger partial charge in [0, 0.05) is 5.54 Å². The Morgan fingerprint density at radius 3 is 2.30 bits per heavy atom. The summed E-state index contributed by atoms with van der Waals surface area (Å²) < 4.78 is 5.64. The van der Waals surface area contributed by atoms with Crippen molar-refractivity contribution in [3.8, 4) is 0 Å². The van der Waals surface area contributed by atoms with Crippen LogP contribution in [0.5, 0.6) is 0 Å². The summed E-state index contributed by atoms with van der Waals surface area (Å²) in [4.78, 5) is 0. The molecule has 2 saturated heterocycles. The van der Waals surface area contributed by atoms with Gasteiger partial charge < -0.3 is 10.1 Å². The van der Waals surface area contributed by atoms with Gasteiger partial charge in [-0.15, -0.1) is 0 Å². The van der Waals surface area contributed by atoms with Gasteiger partial charge in [-0.2, -0.15) is 0 Å². The smallest absolute Gasteiger partial charge is 0.0657 e. The van der Waals surface area contributed by atoms with Crippen molar-refractivity contribution in [3.63, 3.8) is 0 Å². The molecule has 2 aliphatic heterocycles. The van der Waals surface area contributed by atoms with Crippen molar-refractivity contribution in [2.75, 3.05) is 13.2 Å². The summed E-state index contributed by atoms with van der Waals surface area (Å²) in [7, 11) is 0. The van der Waals surface area contributed by atoms with Crippen LogP contribution in [0.25, 0.3) is 0 Å². The molecule has 1 spiro atoms. The van der Waals surface area contributed by atoms with Gasteiger partial charge in [0.25, 0.3) is 0 Å². The summed E-state index contributed by atoms with van der Waals surface area (Å²) in [5.74, 6) is 0. The van der Waals surface area contributed by atoms with Crippen molar-refractivity contribution < 1.29 is 4.74 Å². The van der Waals surface area contributed by atoms with Crippen LogP contribution in [0.2, 0.25) is 0 Å². The van der Waals surface area contributed by atoms with Gasteiger partial charge in [-0.25, -0.2) is 0 Å². The number of ether oxygens (including phenoxy) is 1. The quantitative estimate of drug-likeness (QED) is 0.541. The van der Waals surface area contributed by atoms with Gasteiger partial charge in [0.15, 0.2) is 0 Å². The highest BCUT2D eigenvalue weighted by molar-refractivity contribution is 5.04. The van der Waals surface area contributed by atoms with Crippen LogP contribution in [0.4, 0.5) is 0 Å². The van der Waals surface area contributed by atoms with E-state index in [9.17, 15) is 0 Å². The molecule has 2 aliphatic rings. The molecule has 0 bridgehead atoms. The molecule has 0 aromatic heterocycles. The van der Waals surface area contributed by atoms with E-state index in [1.165, 1.54) is 19.4 Å². The van der Waals surface area contributed by atoms with Gasteiger partial charge in [-0.1, -0.05) is 0 Å². The van der Waals surface area contributed by atoms with Crippen LogP contribution >= 0.6 is 0 Å². The molecule has 2 fully saturated rings. The first-order valence-corrected chi connectivity index (χ1v) is 4.01. The van der Waals surface area contributed by atoms with Crippen LogP contribution < -0.4 is 5.32 Å². The largest absolute Gasteiger partial charge is 0.374 e. The zero-order valence-electron chi connectivity index (χ0n) is 6.74. The summed E-state index contributed by atoms with van der Waals surface area (Å²) in [5, 5.41) is 3.45. The van der Waals surface area contributed by atoms with Crippen molar-refractivity contribution in [3.05, 3.63) is 0 Å². The fraction of sp³-hybridized carbons (Fsp3) is 1.00. The molecule has 2 heteroatoms. The molecule has 0 amide bonds. The van der Waals surface area contributed by atoms with Gasteiger partial charge in [0.2, 0.25) is 0 Å². The molecular formula is C8H15NO. The molecule has 2 rings (SSSR count). The molecule has 10 heavy (non-hydrogen) atoms. The average molecular weight is 141 g/mol. The monoisotopic (exact) mass is 141 g/mol. The Labute approximate surface area is 61.9 Å². The SMILES string of the molecule is CC1(C)CC2(CCN2)CO1. The van der Waals surface area contributed by atoms with Crippen LogP contribution in [-0.4, -0.2) is 24.3 Å². The summed E-state index contributed by atoms with van der Waals surface area (Å²) in [5.41, 5.74) is 0.497. The Hall–Kier alpha value is -0.0800. The third-order valence-electron chi connectivity index (χ3n) is 2.61. The lowest BCUT2D eigenvalue weighted by Gasteiger charge is -2.39. The molecule has 2 heterocycles. The molecule has 1 unspecified atom stereocenters. The third-order valence-corrected chi connectivity index (χ3v) is 2.61. The maximum Gasteiger partial charge on any atom is 0.0657 e. The van der Waals surface area contributed by atoms with Crippen molar-refractivity contribution >= 4 is 0 Å². The van der Waals surface area contributed by atoms with Gasteiger partial charge in [0.1, 0.15) is 0 Å². The third kappa shape index (κ3) is 0.867. The van der Waals surface area contributed by atoms with Crippen LogP contribution in [0.15, 0.2) is 0 Å². The average Bonchev–Trinajstić information content (AvgIpc) is 2.04. The first-order valence-electron chi connectivity index (χ1n) is 4.01. The van der Waals surface area contributed by atoms with Crippen molar-refractivity contribution in [2.24, 2.45) is 0 Å². The molecule has 0 aromatic rings. The van der Waals surface area contributed by atoms with E-state index in [1.807, 2.05) is 0 Å². The molecule has 0 aliphatic carbocycles. The molecule has 2 nitrogen and oxygen atoms in total. The van der Waals surface area contributed by atoms with Crippen molar-refractivity contribution in [1.82, 2.24) is 5.32 Å². The highest BCUT2D eigenvalue weighted by atomic mass is 16.5. The lowest BCUT2D eigenvalue weighted by atomic mass is 9.82. The highest BCUT2D eigenvalue weighted by Crippen LogP contribution is 2.37. The number of hydrogen-bond acceptors (Lipinski definition) is 2. The molecular weight excluding hydrogens is 126 g/mol. The predicted molar refractivity (Wildman–Crippen MR) is 40.0 cm³/mol. The Kier molecular flexibility index (Phi) is 1.15. The van der Waals surface area contributed by atoms with E-state index < -0.39 is 0 Å². The first-order chi connectivity index (χ1) is 4.62. The van der Waals surface area contributed by atoms with Crippen LogP contribution in [0, 0.1) is 0 Å². The van der Waals surface area contributed by atoms with E-state index in [2.05, 4.69) is 19.2 Å². The van der Waals surface area contributed by atoms with E-state index in [0.29, 0.717) is 5.54 Å². The van der Waals surface area contributed by atoms with Gasteiger partial charge in [0.05, 0.1) is 12.2 Å². The number of hydrogen-bond donors (Lipinski definition) is 1. The topological polar surface area (TPSA) is 21.3 Å². The number of nitrogens with one attached hydrogen (secondary N) is 1. The second-order valence-corrected chi connectivity index (χ2v) is 4.18. The summed E-state index contributed by atoms with van der Waals surface area (Å²) >= 11 is 0. The Balaban J connectivity index is 2.05. The highest BCUT2D eigenvalue weighted by Gasteiger charge is 2.47. The van der Waals surface area contributed by atoms with Gasteiger partial charge in [-0.05, 0) is 33.2 Å². The second kappa shape index (κ2) is 1.74. The van der Waals surface area contributed by atoms with Crippen LogP contribution in [0.3, 0.4) is 0 Å². The van der Waals surface area contributed by atoms with E-state index in [4.69, 9.17) is 4.74 Å². The van der Waals surface area contributed by atoms with Crippen molar-refractivity contribution in [2.45, 2.75) is 37.8 Å². The molecule has 0 aromatic carbocycles. The summed E-state index contributed by atoms with van der Waals surface area (Å²) in [6.45, 7) is 6.43. The molecule has 0 saturated carbocycles. The lowest BCUT2D eigenvalue weighted by Crippen LogP contribution is -2.57. The summed E-state index contributed by atoms with van der Waals surface area (Å²) in [6.07, 6.45) is 2.48. The zero-order valence-corrected chi connectivity index (χ0v) is 6.74. The maximum atomic E-state index is 5.64. The molecule has 0 radical (unpaired) electrons. The van der Waals surface area contributed by atoms with E-state index in [1.54, 1.807) is 0 Å². The maximum absolute atomic E-state index is 5.64. The molecule has 58 valence electrons. The zero-order chi connectivity index (χ0) is 7.24. The fourth-order valence-electron chi connectivity index (χ4n) is 2.00. The van der Waals surface area contributed by atoms with Crippen molar-refractivity contribution in [1.29, 1.82) is 0 Å². The lowest BCUT2D eigenvalue weighted by molar-refractivity contribution is 0.0303. The normalized spacial score (nSPS) is 43.8. The minimum atomic E-state index is 0.118.